The van der Waals surface area contributed by atoms with Crippen molar-refractivity contribution in [3.63, 3.8) is 0 Å². The zero-order valence-electron chi connectivity index (χ0n) is 12.6. The van der Waals surface area contributed by atoms with Gasteiger partial charge in [-0.15, -0.1) is 5.10 Å². The molecular formula is C13H23N5OS. The van der Waals surface area contributed by atoms with Gasteiger partial charge in [0.15, 0.2) is 5.82 Å². The average molecular weight is 297 g/mol. The number of nitrogens with two attached hydrogens (primary N) is 1. The van der Waals surface area contributed by atoms with Crippen LogP contribution in [-0.2, 0) is 4.74 Å². The molecular weight excluding hydrogens is 274 g/mol. The van der Waals surface area contributed by atoms with Crippen molar-refractivity contribution in [1.82, 2.24) is 15.1 Å². The molecule has 0 fully saturated rings. The minimum Gasteiger partial charge on any atom is -0.389 e. The second-order valence-corrected chi connectivity index (χ2v) is 5.28. The van der Waals surface area contributed by atoms with E-state index in [-0.39, 0.29) is 0 Å². The number of anilines is 1. The fourth-order valence-electron chi connectivity index (χ4n) is 1.62. The molecule has 20 heavy (non-hydrogen) atoms. The lowest BCUT2D eigenvalue weighted by molar-refractivity contribution is 0.126. The number of nitrogens with one attached hydrogen (secondary N) is 1. The van der Waals surface area contributed by atoms with Crippen molar-refractivity contribution in [2.24, 2.45) is 5.73 Å². The van der Waals surface area contributed by atoms with Crippen molar-refractivity contribution >= 4 is 23.0 Å². The van der Waals surface area contributed by atoms with Gasteiger partial charge in [0.1, 0.15) is 4.99 Å². The summed E-state index contributed by atoms with van der Waals surface area (Å²) in [7, 11) is 4.03. The van der Waals surface area contributed by atoms with Crippen LogP contribution in [0.3, 0.4) is 0 Å². The van der Waals surface area contributed by atoms with Gasteiger partial charge < -0.3 is 20.7 Å². The lowest BCUT2D eigenvalue weighted by atomic mass is 10.1. The quantitative estimate of drug-likeness (QED) is 0.541. The largest absolute Gasteiger partial charge is 0.389 e. The number of aromatic nitrogens is 2. The number of rotatable bonds is 8. The molecule has 0 saturated heterocycles. The molecule has 3 N–H and O–H groups in total. The summed E-state index contributed by atoms with van der Waals surface area (Å²) in [5, 5.41) is 11.4. The summed E-state index contributed by atoms with van der Waals surface area (Å²) in [6.07, 6.45) is 0. The van der Waals surface area contributed by atoms with E-state index in [1.165, 1.54) is 0 Å². The van der Waals surface area contributed by atoms with Crippen molar-refractivity contribution in [2.75, 3.05) is 45.7 Å². The maximum Gasteiger partial charge on any atom is 0.159 e. The average Bonchev–Trinajstić information content (AvgIpc) is 2.36. The first kappa shape index (κ1) is 16.7. The van der Waals surface area contributed by atoms with Crippen molar-refractivity contribution in [3.05, 3.63) is 16.8 Å². The van der Waals surface area contributed by atoms with Gasteiger partial charge in [-0.3, -0.25) is 0 Å². The number of hydrogen-bond donors (Lipinski definition) is 2. The molecule has 0 saturated carbocycles. The van der Waals surface area contributed by atoms with Gasteiger partial charge >= 0.3 is 0 Å². The monoisotopic (exact) mass is 297 g/mol. The Morgan fingerprint density at radius 3 is 2.60 bits per heavy atom. The lowest BCUT2D eigenvalue weighted by Crippen LogP contribution is -2.22. The van der Waals surface area contributed by atoms with E-state index in [2.05, 4.69) is 20.4 Å². The van der Waals surface area contributed by atoms with Crippen LogP contribution in [0.25, 0.3) is 0 Å². The molecule has 0 aliphatic rings. The van der Waals surface area contributed by atoms with Gasteiger partial charge in [0.2, 0.25) is 0 Å². The van der Waals surface area contributed by atoms with Crippen LogP contribution in [0, 0.1) is 13.8 Å². The normalized spacial score (nSPS) is 10.8. The Labute approximate surface area is 125 Å². The van der Waals surface area contributed by atoms with Gasteiger partial charge in [-0.25, -0.2) is 0 Å². The Balaban J connectivity index is 2.52. The van der Waals surface area contributed by atoms with Gasteiger partial charge in [0.25, 0.3) is 0 Å². The van der Waals surface area contributed by atoms with E-state index >= 15 is 0 Å². The predicted octanol–water partition coefficient (Wildman–Crippen LogP) is 0.718. The van der Waals surface area contributed by atoms with Crippen LogP contribution in [0.4, 0.5) is 5.82 Å². The minimum absolute atomic E-state index is 0.330. The molecule has 112 valence electrons. The zero-order chi connectivity index (χ0) is 15.1. The van der Waals surface area contributed by atoms with Gasteiger partial charge in [0, 0.05) is 13.1 Å². The van der Waals surface area contributed by atoms with Crippen molar-refractivity contribution in [3.8, 4) is 0 Å². The summed E-state index contributed by atoms with van der Waals surface area (Å²) in [6, 6.07) is 0. The Bertz CT molecular complexity index is 464. The fourth-order valence-corrected chi connectivity index (χ4v) is 1.87. The van der Waals surface area contributed by atoms with Crippen LogP contribution < -0.4 is 11.1 Å². The zero-order valence-corrected chi connectivity index (χ0v) is 13.4. The molecule has 1 rings (SSSR count). The van der Waals surface area contributed by atoms with Crippen LogP contribution >= 0.6 is 12.2 Å². The third-order valence-electron chi connectivity index (χ3n) is 2.92. The van der Waals surface area contributed by atoms with Crippen molar-refractivity contribution in [2.45, 2.75) is 13.8 Å². The number of likely N-dealkylation sites (N-methyl/N-ethyl adjacent to an activating group) is 1. The number of thiocarbonyl (C=S) groups is 1. The topological polar surface area (TPSA) is 76.3 Å². The van der Waals surface area contributed by atoms with Crippen LogP contribution in [0.15, 0.2) is 0 Å². The van der Waals surface area contributed by atoms with Gasteiger partial charge in [-0.1, -0.05) is 12.2 Å². The predicted molar refractivity (Wildman–Crippen MR) is 85.3 cm³/mol. The number of aryl methyl sites for hydroxylation is 1. The number of nitrogens with zero attached hydrogens (tertiary/aromatic N) is 3. The summed E-state index contributed by atoms with van der Waals surface area (Å²) in [6.45, 7) is 6.67. The van der Waals surface area contributed by atoms with E-state index in [4.69, 9.17) is 22.7 Å². The van der Waals surface area contributed by atoms with Crippen molar-refractivity contribution in [1.29, 1.82) is 0 Å². The third kappa shape index (κ3) is 4.99. The fraction of sp³-hybridized carbons (Fsp3) is 0.615. The molecule has 0 amide bonds. The number of hydrogen-bond acceptors (Lipinski definition) is 6. The van der Waals surface area contributed by atoms with Crippen LogP contribution in [-0.4, -0.2) is 60.5 Å². The van der Waals surface area contributed by atoms with Gasteiger partial charge in [-0.05, 0) is 33.5 Å². The molecule has 0 unspecified atom stereocenters. The summed E-state index contributed by atoms with van der Waals surface area (Å²) < 4.78 is 5.50. The van der Waals surface area contributed by atoms with Crippen LogP contribution in [0.1, 0.15) is 16.8 Å². The van der Waals surface area contributed by atoms with E-state index in [0.717, 1.165) is 23.4 Å². The highest BCUT2D eigenvalue weighted by molar-refractivity contribution is 7.80. The highest BCUT2D eigenvalue weighted by Gasteiger charge is 2.12. The molecule has 1 aromatic rings. The first-order valence-electron chi connectivity index (χ1n) is 6.53. The standard InChI is InChI=1S/C13H23N5OS/c1-9-10(2)16-17-13(11(9)12(14)20)15-5-7-19-8-6-18(3)4/h5-8H2,1-4H3,(H2,14,20)(H,15,17). The number of ether oxygens (including phenoxy) is 1. The first-order chi connectivity index (χ1) is 9.43. The molecule has 7 heteroatoms. The second kappa shape index (κ2) is 8.08. The van der Waals surface area contributed by atoms with Gasteiger partial charge in [-0.2, -0.15) is 5.10 Å². The highest BCUT2D eigenvalue weighted by Crippen LogP contribution is 2.17. The molecule has 6 nitrogen and oxygen atoms in total. The molecule has 0 aromatic carbocycles. The maximum atomic E-state index is 5.76. The Kier molecular flexibility index (Phi) is 6.77. The summed E-state index contributed by atoms with van der Waals surface area (Å²) in [5.74, 6) is 0.622. The molecule has 1 aromatic heterocycles. The first-order valence-corrected chi connectivity index (χ1v) is 6.94. The molecule has 0 radical (unpaired) electrons. The van der Waals surface area contributed by atoms with Gasteiger partial charge in [0.05, 0.1) is 24.5 Å². The molecule has 0 spiro atoms. The lowest BCUT2D eigenvalue weighted by Gasteiger charge is -2.14. The second-order valence-electron chi connectivity index (χ2n) is 4.84. The SMILES string of the molecule is Cc1nnc(NCCOCCN(C)C)c(C(N)=S)c1C. The van der Waals surface area contributed by atoms with E-state index in [0.29, 0.717) is 30.6 Å². The van der Waals surface area contributed by atoms with E-state index in [1.807, 2.05) is 27.9 Å². The highest BCUT2D eigenvalue weighted by atomic mass is 32.1. The van der Waals surface area contributed by atoms with E-state index < -0.39 is 0 Å². The van der Waals surface area contributed by atoms with E-state index in [1.54, 1.807) is 0 Å². The summed E-state index contributed by atoms with van der Waals surface area (Å²) in [5.41, 5.74) is 8.32. The summed E-state index contributed by atoms with van der Waals surface area (Å²) in [4.78, 5) is 2.41. The van der Waals surface area contributed by atoms with Crippen LogP contribution in [0.5, 0.6) is 0 Å². The van der Waals surface area contributed by atoms with E-state index in [9.17, 15) is 0 Å². The minimum atomic E-state index is 0.330. The third-order valence-corrected chi connectivity index (χ3v) is 3.13. The molecule has 1 heterocycles. The molecule has 0 aliphatic carbocycles. The Morgan fingerprint density at radius 1 is 1.30 bits per heavy atom. The Morgan fingerprint density at radius 2 is 2.00 bits per heavy atom. The Hall–Kier alpha value is -1.31. The molecule has 0 aliphatic heterocycles. The smallest absolute Gasteiger partial charge is 0.159 e. The summed E-state index contributed by atoms with van der Waals surface area (Å²) >= 11 is 5.08. The van der Waals surface area contributed by atoms with Crippen LogP contribution in [0.2, 0.25) is 0 Å². The molecule has 0 bridgehead atoms. The van der Waals surface area contributed by atoms with Crippen molar-refractivity contribution < 1.29 is 4.74 Å². The molecule has 0 atom stereocenters. The maximum absolute atomic E-state index is 5.76.